The largest absolute Gasteiger partial charge is 0.493 e. The molecule has 1 aromatic carbocycles. The van der Waals surface area contributed by atoms with Crippen LogP contribution in [0.15, 0.2) is 23.2 Å². The van der Waals surface area contributed by atoms with E-state index in [4.69, 9.17) is 35.6 Å². The fourth-order valence-electron chi connectivity index (χ4n) is 5.44. The van der Waals surface area contributed by atoms with Gasteiger partial charge < -0.3 is 19.9 Å². The second-order valence-corrected chi connectivity index (χ2v) is 8.48. The third kappa shape index (κ3) is 3.27. The smallest absolute Gasteiger partial charge is 0.392 e. The number of hydrogen-bond acceptors (Lipinski definition) is 5. The molecular weight excluding hydrogens is 395 g/mol. The molecule has 1 aromatic rings. The third-order valence-electron chi connectivity index (χ3n) is 6.76. The van der Waals surface area contributed by atoms with E-state index < -0.39 is 35.6 Å². The van der Waals surface area contributed by atoms with Crippen LogP contribution in [-0.4, -0.2) is 53.1 Å². The maximum absolute atomic E-state index is 12.5. The van der Waals surface area contributed by atoms with Crippen LogP contribution in [0, 0.1) is 5.41 Å². The van der Waals surface area contributed by atoms with Gasteiger partial charge in [-0.15, -0.1) is 0 Å². The Labute approximate surface area is 176 Å². The first-order valence-electron chi connectivity index (χ1n) is 10.00. The van der Waals surface area contributed by atoms with Gasteiger partial charge in [-0.2, -0.15) is 13.2 Å². The lowest BCUT2D eigenvalue weighted by molar-refractivity contribution is -0.139. The Hall–Kier alpha value is -1.83. The first-order valence-corrected chi connectivity index (χ1v) is 10.00. The Balaban J connectivity index is 1.72. The molecule has 1 aliphatic heterocycles. The average Bonchev–Trinajstić information content (AvgIpc) is 3.06. The SMILES string of the molecule is [B]C1([B])OC(N)=NC12c1cc(OCCC(F)(F)F)ccc1CC21CCC(OC)CC1. The van der Waals surface area contributed by atoms with Crippen molar-refractivity contribution in [1.29, 1.82) is 0 Å². The molecule has 0 saturated heterocycles. The molecule has 2 spiro atoms. The predicted octanol–water partition coefficient (Wildman–Crippen LogP) is 2.68. The lowest BCUT2D eigenvalue weighted by Gasteiger charge is -2.51. The van der Waals surface area contributed by atoms with E-state index in [1.807, 2.05) is 6.07 Å². The molecule has 0 amide bonds. The van der Waals surface area contributed by atoms with Crippen molar-refractivity contribution in [3.05, 3.63) is 29.3 Å². The second kappa shape index (κ2) is 7.11. The number of nitrogens with two attached hydrogens (primary N) is 1. The fraction of sp³-hybridized carbons (Fsp3) is 0.650. The number of amidine groups is 1. The molecule has 0 aromatic heterocycles. The quantitative estimate of drug-likeness (QED) is 0.765. The molecule has 158 valence electrons. The topological polar surface area (TPSA) is 66.1 Å². The van der Waals surface area contributed by atoms with E-state index in [9.17, 15) is 13.2 Å². The molecule has 1 fully saturated rings. The number of methoxy groups -OCH3 is 1. The number of nitrogens with zero attached hydrogens (tertiary/aromatic N) is 1. The molecule has 3 aliphatic rings. The van der Waals surface area contributed by atoms with Crippen LogP contribution in [0.3, 0.4) is 0 Å². The standard InChI is InChI=1S/C20H23B2F3N2O3/c1-28-13-4-6-17(7-5-13)11-12-2-3-14(29-9-8-18(23,24)25)10-15(12)19(17)20(21,22)30-16(26)27-19/h2-3,10,13H,4-9,11H2,1H3,(H2,26,27). The van der Waals surface area contributed by atoms with Gasteiger partial charge in [0.2, 0.25) is 0 Å². The molecule has 1 atom stereocenters. The van der Waals surface area contributed by atoms with Crippen molar-refractivity contribution in [2.75, 3.05) is 13.7 Å². The Morgan fingerprint density at radius 2 is 1.97 bits per heavy atom. The summed E-state index contributed by atoms with van der Waals surface area (Å²) in [7, 11) is 14.6. The van der Waals surface area contributed by atoms with Crippen LogP contribution in [0.25, 0.3) is 0 Å². The zero-order valence-corrected chi connectivity index (χ0v) is 16.8. The van der Waals surface area contributed by atoms with Crippen molar-refractivity contribution < 1.29 is 27.4 Å². The van der Waals surface area contributed by atoms with Crippen molar-refractivity contribution in [3.8, 4) is 5.75 Å². The van der Waals surface area contributed by atoms with Gasteiger partial charge in [-0.3, -0.25) is 0 Å². The molecule has 30 heavy (non-hydrogen) atoms. The van der Waals surface area contributed by atoms with Crippen LogP contribution < -0.4 is 10.5 Å². The van der Waals surface area contributed by atoms with E-state index >= 15 is 0 Å². The summed E-state index contributed by atoms with van der Waals surface area (Å²) in [5, 5.41) is -1.69. The minimum atomic E-state index is -4.29. The summed E-state index contributed by atoms with van der Waals surface area (Å²) in [5.74, 6) is 0.302. The lowest BCUT2D eigenvalue weighted by Crippen LogP contribution is -2.59. The number of benzene rings is 1. The Morgan fingerprint density at radius 3 is 2.53 bits per heavy atom. The van der Waals surface area contributed by atoms with Gasteiger partial charge >= 0.3 is 6.18 Å². The number of aliphatic imine (C=N–C) groups is 1. The number of halogens is 3. The Morgan fingerprint density at radius 1 is 1.27 bits per heavy atom. The zero-order valence-electron chi connectivity index (χ0n) is 16.8. The summed E-state index contributed by atoms with van der Waals surface area (Å²) in [5.41, 5.74) is 6.01. The number of hydrogen-bond donors (Lipinski definition) is 1. The molecule has 2 aliphatic carbocycles. The van der Waals surface area contributed by atoms with Crippen LogP contribution in [0.2, 0.25) is 0 Å². The van der Waals surface area contributed by atoms with Gasteiger partial charge in [0, 0.05) is 12.5 Å². The highest BCUT2D eigenvalue weighted by atomic mass is 19.4. The fourth-order valence-corrected chi connectivity index (χ4v) is 5.44. The monoisotopic (exact) mass is 418 g/mol. The van der Waals surface area contributed by atoms with Gasteiger partial charge in [0.15, 0.2) is 0 Å². The van der Waals surface area contributed by atoms with Crippen LogP contribution in [0.4, 0.5) is 13.2 Å². The minimum Gasteiger partial charge on any atom is -0.493 e. The van der Waals surface area contributed by atoms with Gasteiger partial charge in [0.1, 0.15) is 27.0 Å². The first kappa shape index (κ1) is 21.4. The number of alkyl halides is 3. The average molecular weight is 418 g/mol. The maximum atomic E-state index is 12.5. The highest BCUT2D eigenvalue weighted by Gasteiger charge is 2.68. The second-order valence-electron chi connectivity index (χ2n) is 8.48. The van der Waals surface area contributed by atoms with Crippen LogP contribution in [0.5, 0.6) is 5.75 Å². The molecule has 1 unspecified atom stereocenters. The van der Waals surface area contributed by atoms with Gasteiger partial charge in [-0.25, -0.2) is 4.99 Å². The molecule has 1 saturated carbocycles. The molecule has 0 bridgehead atoms. The molecular formula is C20H23B2F3N2O3. The van der Waals surface area contributed by atoms with Gasteiger partial charge in [-0.05, 0) is 55.4 Å². The summed E-state index contributed by atoms with van der Waals surface area (Å²) in [4.78, 5) is 4.65. The van der Waals surface area contributed by atoms with Crippen LogP contribution in [0.1, 0.15) is 43.2 Å². The molecule has 5 nitrogen and oxygen atoms in total. The van der Waals surface area contributed by atoms with Crippen LogP contribution >= 0.6 is 0 Å². The summed E-state index contributed by atoms with van der Waals surface area (Å²) >= 11 is 0. The molecule has 2 N–H and O–H groups in total. The van der Waals surface area contributed by atoms with E-state index in [2.05, 4.69) is 4.99 Å². The molecule has 4 rings (SSSR count). The van der Waals surface area contributed by atoms with E-state index in [-0.39, 0.29) is 12.1 Å². The predicted molar refractivity (Wildman–Crippen MR) is 107 cm³/mol. The Kier molecular flexibility index (Phi) is 5.07. The number of fused-ring (bicyclic) bond motifs is 3. The summed E-state index contributed by atoms with van der Waals surface area (Å²) in [6, 6.07) is 5.10. The van der Waals surface area contributed by atoms with E-state index in [1.54, 1.807) is 19.2 Å². The lowest BCUT2D eigenvalue weighted by atomic mass is 9.45. The number of ether oxygens (including phenoxy) is 3. The highest BCUT2D eigenvalue weighted by Crippen LogP contribution is 2.65. The van der Waals surface area contributed by atoms with Crippen molar-refractivity contribution in [2.24, 2.45) is 16.1 Å². The van der Waals surface area contributed by atoms with Gasteiger partial charge in [0.05, 0.1) is 24.5 Å². The molecule has 10 heteroatoms. The van der Waals surface area contributed by atoms with Crippen LogP contribution in [-0.2, 0) is 21.4 Å². The molecule has 1 heterocycles. The van der Waals surface area contributed by atoms with E-state index in [0.717, 1.165) is 31.2 Å². The highest BCUT2D eigenvalue weighted by molar-refractivity contribution is 6.41. The van der Waals surface area contributed by atoms with Gasteiger partial charge in [-0.1, -0.05) is 6.07 Å². The maximum Gasteiger partial charge on any atom is 0.392 e. The van der Waals surface area contributed by atoms with Crippen molar-refractivity contribution in [3.63, 3.8) is 0 Å². The van der Waals surface area contributed by atoms with E-state index in [0.29, 0.717) is 17.7 Å². The summed E-state index contributed by atoms with van der Waals surface area (Å²) < 4.78 is 53.9. The van der Waals surface area contributed by atoms with Crippen molar-refractivity contribution in [2.45, 2.75) is 61.7 Å². The summed E-state index contributed by atoms with van der Waals surface area (Å²) in [6.45, 7) is -0.478. The zero-order chi connectivity index (χ0) is 21.8. The minimum absolute atomic E-state index is 0.0931. The summed E-state index contributed by atoms with van der Waals surface area (Å²) in [6.07, 6.45) is -1.39. The number of rotatable bonds is 4. The molecule has 4 radical (unpaired) electrons. The van der Waals surface area contributed by atoms with Gasteiger partial charge in [0.25, 0.3) is 6.02 Å². The first-order chi connectivity index (χ1) is 14.0. The third-order valence-corrected chi connectivity index (χ3v) is 6.76. The normalized spacial score (nSPS) is 32.1. The Bertz CT molecular complexity index is 854. The van der Waals surface area contributed by atoms with Crippen molar-refractivity contribution in [1.82, 2.24) is 0 Å². The van der Waals surface area contributed by atoms with E-state index in [1.165, 1.54) is 0 Å². The van der Waals surface area contributed by atoms with Crippen molar-refractivity contribution >= 4 is 21.7 Å².